The Morgan fingerprint density at radius 3 is 3.00 bits per heavy atom. The van der Waals surface area contributed by atoms with Gasteiger partial charge in [0.05, 0.1) is 18.2 Å². The predicted molar refractivity (Wildman–Crippen MR) is 76.9 cm³/mol. The SMILES string of the molecule is CN1C[C@H](CO)C=C2c3cccc4ccn(c34)C[C@@H]21. The van der Waals surface area contributed by atoms with Crippen LogP contribution in [0.5, 0.6) is 0 Å². The van der Waals surface area contributed by atoms with E-state index in [0.717, 1.165) is 13.1 Å². The van der Waals surface area contributed by atoms with E-state index in [1.54, 1.807) is 0 Å². The van der Waals surface area contributed by atoms with Crippen LogP contribution in [0.4, 0.5) is 0 Å². The molecule has 0 saturated heterocycles. The van der Waals surface area contributed by atoms with Gasteiger partial charge in [-0.2, -0.15) is 0 Å². The van der Waals surface area contributed by atoms with Gasteiger partial charge in [0.15, 0.2) is 0 Å². The summed E-state index contributed by atoms with van der Waals surface area (Å²) in [6, 6.07) is 9.15. The Labute approximate surface area is 112 Å². The fourth-order valence-electron chi connectivity index (χ4n) is 3.60. The van der Waals surface area contributed by atoms with E-state index >= 15 is 0 Å². The maximum atomic E-state index is 9.47. The highest BCUT2D eigenvalue weighted by Gasteiger charge is 2.32. The average molecular weight is 254 g/mol. The topological polar surface area (TPSA) is 28.4 Å². The van der Waals surface area contributed by atoms with Crippen molar-refractivity contribution in [1.29, 1.82) is 0 Å². The summed E-state index contributed by atoms with van der Waals surface area (Å²) in [5.41, 5.74) is 4.07. The predicted octanol–water partition coefficient (Wildman–Crippen LogP) is 1.96. The minimum absolute atomic E-state index is 0.234. The largest absolute Gasteiger partial charge is 0.396 e. The molecule has 3 heteroatoms. The molecule has 0 radical (unpaired) electrons. The third-order valence-electron chi connectivity index (χ3n) is 4.53. The van der Waals surface area contributed by atoms with Crippen molar-refractivity contribution in [3.63, 3.8) is 0 Å². The number of benzene rings is 1. The lowest BCUT2D eigenvalue weighted by Gasteiger charge is -2.40. The molecule has 0 fully saturated rings. The molecule has 1 N–H and O–H groups in total. The van der Waals surface area contributed by atoms with E-state index in [0.29, 0.717) is 6.04 Å². The van der Waals surface area contributed by atoms with E-state index < -0.39 is 0 Å². The number of nitrogens with zero attached hydrogens (tertiary/aromatic N) is 2. The first-order valence-corrected chi connectivity index (χ1v) is 6.89. The molecule has 0 aliphatic carbocycles. The van der Waals surface area contributed by atoms with E-state index in [1.807, 2.05) is 0 Å². The number of para-hydroxylation sites is 1. The molecule has 19 heavy (non-hydrogen) atoms. The van der Waals surface area contributed by atoms with E-state index in [9.17, 15) is 5.11 Å². The minimum atomic E-state index is 0.234. The first kappa shape index (κ1) is 11.3. The Kier molecular flexibility index (Phi) is 2.34. The molecule has 3 nitrogen and oxygen atoms in total. The molecule has 1 aromatic heterocycles. The number of likely N-dealkylation sites (N-methyl/N-ethyl adjacent to an activating group) is 1. The summed E-state index contributed by atoms with van der Waals surface area (Å²) in [6.07, 6.45) is 4.48. The summed E-state index contributed by atoms with van der Waals surface area (Å²) in [6.45, 7) is 2.19. The molecule has 0 unspecified atom stereocenters. The fourth-order valence-corrected chi connectivity index (χ4v) is 3.60. The van der Waals surface area contributed by atoms with Gasteiger partial charge in [-0.25, -0.2) is 0 Å². The van der Waals surface area contributed by atoms with Crippen LogP contribution in [0, 0.1) is 5.92 Å². The van der Waals surface area contributed by atoms with E-state index in [4.69, 9.17) is 0 Å². The summed E-state index contributed by atoms with van der Waals surface area (Å²) >= 11 is 0. The maximum absolute atomic E-state index is 9.47. The number of aliphatic hydroxyl groups excluding tert-OH is 1. The molecule has 0 saturated carbocycles. The number of hydrogen-bond donors (Lipinski definition) is 1. The number of fused-ring (bicyclic) bond motifs is 2. The lowest BCUT2D eigenvalue weighted by atomic mass is 9.86. The number of hydrogen-bond acceptors (Lipinski definition) is 2. The Bertz CT molecular complexity index is 670. The zero-order chi connectivity index (χ0) is 13.0. The van der Waals surface area contributed by atoms with Crippen molar-refractivity contribution in [2.75, 3.05) is 20.2 Å². The van der Waals surface area contributed by atoms with Crippen LogP contribution in [0.2, 0.25) is 0 Å². The zero-order valence-corrected chi connectivity index (χ0v) is 11.1. The number of rotatable bonds is 1. The van der Waals surface area contributed by atoms with Crippen LogP contribution in [0.15, 0.2) is 36.5 Å². The highest BCUT2D eigenvalue weighted by atomic mass is 16.3. The van der Waals surface area contributed by atoms with Gasteiger partial charge in [-0.1, -0.05) is 24.3 Å². The standard InChI is InChI=1S/C16H18N2O/c1-17-8-11(10-19)7-14-13-4-2-3-12-5-6-18(16(12)13)9-15(14)17/h2-7,11,15,19H,8-10H2,1H3/t11-,15+/m1/s1. The second kappa shape index (κ2) is 3.95. The van der Waals surface area contributed by atoms with Crippen LogP contribution in [0.25, 0.3) is 16.5 Å². The summed E-state index contributed by atoms with van der Waals surface area (Å²) in [5, 5.41) is 10.8. The first-order valence-electron chi connectivity index (χ1n) is 6.89. The van der Waals surface area contributed by atoms with E-state index in [2.05, 4.69) is 53.1 Å². The second-order valence-electron chi connectivity index (χ2n) is 5.73. The van der Waals surface area contributed by atoms with Gasteiger partial charge >= 0.3 is 0 Å². The summed E-state index contributed by atoms with van der Waals surface area (Å²) in [7, 11) is 2.16. The number of aromatic nitrogens is 1. The summed E-state index contributed by atoms with van der Waals surface area (Å²) < 4.78 is 2.36. The molecule has 2 aromatic rings. The van der Waals surface area contributed by atoms with Gasteiger partial charge in [0.2, 0.25) is 0 Å². The van der Waals surface area contributed by atoms with Gasteiger partial charge < -0.3 is 9.67 Å². The number of aliphatic hydroxyl groups is 1. The molecule has 0 amide bonds. The molecule has 3 heterocycles. The van der Waals surface area contributed by atoms with Crippen LogP contribution < -0.4 is 0 Å². The van der Waals surface area contributed by atoms with E-state index in [1.165, 1.54) is 22.0 Å². The van der Waals surface area contributed by atoms with Crippen LogP contribution in [0.3, 0.4) is 0 Å². The quantitative estimate of drug-likeness (QED) is 0.842. The van der Waals surface area contributed by atoms with Crippen LogP contribution >= 0.6 is 0 Å². The molecule has 98 valence electrons. The van der Waals surface area contributed by atoms with Crippen molar-refractivity contribution in [3.8, 4) is 0 Å². The van der Waals surface area contributed by atoms with Crippen LogP contribution in [0.1, 0.15) is 5.56 Å². The van der Waals surface area contributed by atoms with Crippen molar-refractivity contribution in [3.05, 3.63) is 42.1 Å². The molecule has 2 atom stereocenters. The Morgan fingerprint density at radius 1 is 1.26 bits per heavy atom. The molecular weight excluding hydrogens is 236 g/mol. The summed E-state index contributed by atoms with van der Waals surface area (Å²) in [5.74, 6) is 0.257. The van der Waals surface area contributed by atoms with Gasteiger partial charge in [0.25, 0.3) is 0 Å². The molecular formula is C16H18N2O. The van der Waals surface area contributed by atoms with Gasteiger partial charge in [0.1, 0.15) is 0 Å². The van der Waals surface area contributed by atoms with Gasteiger partial charge in [-0.3, -0.25) is 4.90 Å². The Hall–Kier alpha value is -1.58. The van der Waals surface area contributed by atoms with E-state index in [-0.39, 0.29) is 12.5 Å². The van der Waals surface area contributed by atoms with Gasteiger partial charge in [-0.15, -0.1) is 0 Å². The van der Waals surface area contributed by atoms with Crippen molar-refractivity contribution in [1.82, 2.24) is 9.47 Å². The normalized spacial score (nSPS) is 26.3. The molecule has 4 rings (SSSR count). The van der Waals surface area contributed by atoms with Crippen LogP contribution in [-0.4, -0.2) is 40.8 Å². The van der Waals surface area contributed by atoms with Crippen molar-refractivity contribution >= 4 is 16.5 Å². The third kappa shape index (κ3) is 1.52. The average Bonchev–Trinajstić information content (AvgIpc) is 2.85. The van der Waals surface area contributed by atoms with Gasteiger partial charge in [-0.05, 0) is 18.7 Å². The Morgan fingerprint density at radius 2 is 2.16 bits per heavy atom. The lowest BCUT2D eigenvalue weighted by Crippen LogP contribution is -2.44. The smallest absolute Gasteiger partial charge is 0.0557 e. The van der Waals surface area contributed by atoms with Gasteiger partial charge in [0, 0.05) is 36.2 Å². The fraction of sp³-hybridized carbons (Fsp3) is 0.375. The van der Waals surface area contributed by atoms with Crippen molar-refractivity contribution < 1.29 is 5.11 Å². The highest BCUT2D eigenvalue weighted by Crippen LogP contribution is 2.38. The second-order valence-corrected chi connectivity index (χ2v) is 5.73. The van der Waals surface area contributed by atoms with Crippen LogP contribution in [-0.2, 0) is 6.54 Å². The Balaban J connectivity index is 1.97. The molecule has 2 aliphatic rings. The summed E-state index contributed by atoms with van der Waals surface area (Å²) in [4.78, 5) is 2.37. The molecule has 1 aromatic carbocycles. The monoisotopic (exact) mass is 254 g/mol. The molecule has 2 aliphatic heterocycles. The highest BCUT2D eigenvalue weighted by molar-refractivity contribution is 5.94. The van der Waals surface area contributed by atoms with Crippen molar-refractivity contribution in [2.24, 2.45) is 5.92 Å². The molecule has 0 spiro atoms. The third-order valence-corrected chi connectivity index (χ3v) is 4.53. The molecule has 0 bridgehead atoms. The maximum Gasteiger partial charge on any atom is 0.0557 e. The lowest BCUT2D eigenvalue weighted by molar-refractivity contribution is 0.174. The van der Waals surface area contributed by atoms with Crippen molar-refractivity contribution in [2.45, 2.75) is 12.6 Å². The zero-order valence-electron chi connectivity index (χ0n) is 11.1. The first-order chi connectivity index (χ1) is 9.28. The minimum Gasteiger partial charge on any atom is -0.396 e.